The largest absolute Gasteiger partial charge is 0.338 e. The number of anilines is 2. The zero-order chi connectivity index (χ0) is 23.4. The van der Waals surface area contributed by atoms with Crippen molar-refractivity contribution in [1.82, 2.24) is 9.88 Å². The third-order valence-electron chi connectivity index (χ3n) is 5.59. The Labute approximate surface area is 194 Å². The summed E-state index contributed by atoms with van der Waals surface area (Å²) in [5, 5.41) is 7.82. The molecule has 3 aromatic rings. The van der Waals surface area contributed by atoms with Crippen LogP contribution in [0.3, 0.4) is 0 Å². The van der Waals surface area contributed by atoms with Crippen LogP contribution in [0.25, 0.3) is 0 Å². The second-order valence-corrected chi connectivity index (χ2v) is 8.78. The molecule has 4 rings (SSSR count). The number of halogens is 1. The van der Waals surface area contributed by atoms with Crippen LogP contribution in [0.2, 0.25) is 0 Å². The lowest BCUT2D eigenvalue weighted by atomic mass is 9.96. The van der Waals surface area contributed by atoms with Gasteiger partial charge < -0.3 is 15.5 Å². The van der Waals surface area contributed by atoms with Crippen LogP contribution < -0.4 is 10.6 Å². The summed E-state index contributed by atoms with van der Waals surface area (Å²) in [6.07, 6.45) is 3.03. The van der Waals surface area contributed by atoms with Gasteiger partial charge in [0.25, 0.3) is 11.8 Å². The predicted octanol–water partition coefficient (Wildman–Crippen LogP) is 4.33. The van der Waals surface area contributed by atoms with Crippen molar-refractivity contribution in [2.24, 2.45) is 5.92 Å². The van der Waals surface area contributed by atoms with Crippen LogP contribution in [0.4, 0.5) is 15.2 Å². The maximum Gasteiger partial charge on any atom is 0.258 e. The minimum atomic E-state index is -0.615. The van der Waals surface area contributed by atoms with Crippen molar-refractivity contribution < 1.29 is 18.8 Å². The highest BCUT2D eigenvalue weighted by atomic mass is 32.1. The first kappa shape index (κ1) is 22.6. The summed E-state index contributed by atoms with van der Waals surface area (Å²) in [5.74, 6) is -1.89. The standard InChI is InChI=1S/C24H23FN4O3S/c1-15-8-9-16(13-20(15)27-22(31)18-6-2-3-7-19(18)25)23(32)29-11-4-5-17(14-29)21(30)28-24-26-10-12-33-24/h2-3,6-10,12-13,17H,4-5,11,14H2,1H3,(H,27,31)(H,26,28,30). The number of hydrogen-bond donors (Lipinski definition) is 2. The fourth-order valence-corrected chi connectivity index (χ4v) is 4.31. The molecule has 0 aliphatic carbocycles. The van der Waals surface area contributed by atoms with E-state index in [9.17, 15) is 18.8 Å². The number of nitrogens with one attached hydrogen (secondary N) is 2. The lowest BCUT2D eigenvalue weighted by molar-refractivity contribution is -0.121. The molecule has 2 N–H and O–H groups in total. The van der Waals surface area contributed by atoms with Gasteiger partial charge in [-0.05, 0) is 49.6 Å². The molecule has 0 bridgehead atoms. The van der Waals surface area contributed by atoms with Crippen LogP contribution in [-0.4, -0.2) is 40.7 Å². The Hall–Kier alpha value is -3.59. The SMILES string of the molecule is Cc1ccc(C(=O)N2CCCC(C(=O)Nc3nccs3)C2)cc1NC(=O)c1ccccc1F. The summed E-state index contributed by atoms with van der Waals surface area (Å²) in [7, 11) is 0. The van der Waals surface area contributed by atoms with Gasteiger partial charge in [-0.1, -0.05) is 18.2 Å². The van der Waals surface area contributed by atoms with Gasteiger partial charge >= 0.3 is 0 Å². The van der Waals surface area contributed by atoms with Gasteiger partial charge in [0.1, 0.15) is 5.82 Å². The van der Waals surface area contributed by atoms with Crippen LogP contribution in [-0.2, 0) is 4.79 Å². The Morgan fingerprint density at radius 1 is 1.15 bits per heavy atom. The van der Waals surface area contributed by atoms with Gasteiger partial charge in [-0.15, -0.1) is 11.3 Å². The van der Waals surface area contributed by atoms with Crippen molar-refractivity contribution in [3.8, 4) is 0 Å². The second kappa shape index (κ2) is 9.91. The summed E-state index contributed by atoms with van der Waals surface area (Å²) in [6.45, 7) is 2.65. The molecule has 0 saturated carbocycles. The van der Waals surface area contributed by atoms with Gasteiger partial charge in [0.2, 0.25) is 5.91 Å². The Bertz CT molecular complexity index is 1180. The minimum absolute atomic E-state index is 0.0706. The molecule has 170 valence electrons. The molecular formula is C24H23FN4O3S. The number of benzene rings is 2. The number of nitrogens with zero attached hydrogens (tertiary/aromatic N) is 2. The van der Waals surface area contributed by atoms with Crippen LogP contribution in [0.15, 0.2) is 54.0 Å². The molecule has 3 amide bonds. The average molecular weight is 467 g/mol. The molecule has 9 heteroatoms. The van der Waals surface area contributed by atoms with E-state index in [2.05, 4.69) is 15.6 Å². The molecule has 33 heavy (non-hydrogen) atoms. The fraction of sp³-hybridized carbons (Fsp3) is 0.250. The van der Waals surface area contributed by atoms with E-state index in [-0.39, 0.29) is 23.3 Å². The number of piperidine rings is 1. The van der Waals surface area contributed by atoms with E-state index in [4.69, 9.17) is 0 Å². The van der Waals surface area contributed by atoms with Gasteiger partial charge in [0.05, 0.1) is 11.5 Å². The number of carbonyl (C=O) groups is 3. The maximum absolute atomic E-state index is 14.0. The first-order valence-corrected chi connectivity index (χ1v) is 11.5. The topological polar surface area (TPSA) is 91.4 Å². The van der Waals surface area contributed by atoms with E-state index in [0.29, 0.717) is 42.3 Å². The molecule has 2 heterocycles. The Balaban J connectivity index is 1.46. The van der Waals surface area contributed by atoms with E-state index in [1.54, 1.807) is 47.7 Å². The van der Waals surface area contributed by atoms with Crippen molar-refractivity contribution in [3.63, 3.8) is 0 Å². The van der Waals surface area contributed by atoms with Crippen molar-refractivity contribution in [2.75, 3.05) is 23.7 Å². The van der Waals surface area contributed by atoms with Gasteiger partial charge in [-0.25, -0.2) is 9.37 Å². The van der Waals surface area contributed by atoms with E-state index in [1.165, 1.54) is 29.5 Å². The fourth-order valence-electron chi connectivity index (χ4n) is 3.78. The minimum Gasteiger partial charge on any atom is -0.338 e. The zero-order valence-electron chi connectivity index (χ0n) is 18.0. The molecule has 2 aromatic carbocycles. The molecule has 0 spiro atoms. The molecule has 1 aromatic heterocycles. The van der Waals surface area contributed by atoms with Crippen LogP contribution in [0.5, 0.6) is 0 Å². The number of carbonyl (C=O) groups excluding carboxylic acids is 3. The number of thiazole rings is 1. The second-order valence-electron chi connectivity index (χ2n) is 7.88. The highest BCUT2D eigenvalue weighted by Gasteiger charge is 2.29. The lowest BCUT2D eigenvalue weighted by Crippen LogP contribution is -2.43. The molecule has 1 unspecified atom stereocenters. The van der Waals surface area contributed by atoms with E-state index in [1.807, 2.05) is 0 Å². The Morgan fingerprint density at radius 2 is 1.97 bits per heavy atom. The van der Waals surface area contributed by atoms with E-state index < -0.39 is 11.7 Å². The summed E-state index contributed by atoms with van der Waals surface area (Å²) < 4.78 is 14.0. The van der Waals surface area contributed by atoms with Crippen molar-refractivity contribution >= 4 is 39.9 Å². The number of amides is 3. The molecule has 0 radical (unpaired) electrons. The van der Waals surface area contributed by atoms with Crippen LogP contribution in [0, 0.1) is 18.7 Å². The first-order chi connectivity index (χ1) is 15.9. The molecule has 1 atom stereocenters. The predicted molar refractivity (Wildman–Crippen MR) is 125 cm³/mol. The van der Waals surface area contributed by atoms with Gasteiger partial charge in [0.15, 0.2) is 5.13 Å². The average Bonchev–Trinajstić information content (AvgIpc) is 3.33. The first-order valence-electron chi connectivity index (χ1n) is 10.6. The number of aromatic nitrogens is 1. The summed E-state index contributed by atoms with van der Waals surface area (Å²) in [4.78, 5) is 44.0. The molecule has 1 fully saturated rings. The van der Waals surface area contributed by atoms with Gasteiger partial charge in [-0.3, -0.25) is 14.4 Å². The molecular weight excluding hydrogens is 443 g/mol. The number of likely N-dealkylation sites (tertiary alicyclic amines) is 1. The number of rotatable bonds is 5. The van der Waals surface area contributed by atoms with Gasteiger partial charge in [0, 0.05) is 35.9 Å². The zero-order valence-corrected chi connectivity index (χ0v) is 18.8. The quantitative estimate of drug-likeness (QED) is 0.585. The smallest absolute Gasteiger partial charge is 0.258 e. The third kappa shape index (κ3) is 5.25. The summed E-state index contributed by atoms with van der Waals surface area (Å²) in [6, 6.07) is 10.7. The molecule has 7 nitrogen and oxygen atoms in total. The van der Waals surface area contributed by atoms with Crippen LogP contribution in [0.1, 0.15) is 39.1 Å². The van der Waals surface area contributed by atoms with E-state index >= 15 is 0 Å². The van der Waals surface area contributed by atoms with Crippen LogP contribution >= 0.6 is 11.3 Å². The van der Waals surface area contributed by atoms with Crippen molar-refractivity contribution in [2.45, 2.75) is 19.8 Å². The lowest BCUT2D eigenvalue weighted by Gasteiger charge is -2.32. The monoisotopic (exact) mass is 466 g/mol. The van der Waals surface area contributed by atoms with Crippen molar-refractivity contribution in [3.05, 3.63) is 76.5 Å². The van der Waals surface area contributed by atoms with Gasteiger partial charge in [-0.2, -0.15) is 0 Å². The highest BCUT2D eigenvalue weighted by Crippen LogP contribution is 2.24. The number of aryl methyl sites for hydroxylation is 1. The normalized spacial score (nSPS) is 15.7. The summed E-state index contributed by atoms with van der Waals surface area (Å²) in [5.41, 5.74) is 1.50. The third-order valence-corrected chi connectivity index (χ3v) is 6.28. The molecule has 1 saturated heterocycles. The number of hydrogen-bond acceptors (Lipinski definition) is 5. The highest BCUT2D eigenvalue weighted by molar-refractivity contribution is 7.13. The Morgan fingerprint density at radius 3 is 2.73 bits per heavy atom. The molecule has 1 aliphatic rings. The maximum atomic E-state index is 14.0. The van der Waals surface area contributed by atoms with Crippen molar-refractivity contribution in [1.29, 1.82) is 0 Å². The summed E-state index contributed by atoms with van der Waals surface area (Å²) >= 11 is 1.34. The Kier molecular flexibility index (Phi) is 6.79. The van der Waals surface area contributed by atoms with E-state index in [0.717, 1.165) is 5.56 Å². The molecule has 1 aliphatic heterocycles.